The van der Waals surface area contributed by atoms with Crippen LogP contribution in [-0.2, 0) is 6.54 Å². The number of hydrogen-bond acceptors (Lipinski definition) is 7. The Hall–Kier alpha value is -3.52. The first-order valence-corrected chi connectivity index (χ1v) is 9.51. The van der Waals surface area contributed by atoms with Gasteiger partial charge in [-0.1, -0.05) is 0 Å². The van der Waals surface area contributed by atoms with Crippen LogP contribution in [0.25, 0.3) is 22.0 Å². The number of methoxy groups -OCH3 is 2. The Bertz CT molecular complexity index is 1280. The second-order valence-electron chi connectivity index (χ2n) is 7.09. The molecular weight excluding hydrogens is 390 g/mol. The molecule has 3 aromatic rings. The summed E-state index contributed by atoms with van der Waals surface area (Å²) >= 11 is 0. The molecule has 154 valence electrons. The Labute approximate surface area is 171 Å². The van der Waals surface area contributed by atoms with E-state index in [1.165, 1.54) is 14.2 Å². The molecule has 0 amide bonds. The van der Waals surface area contributed by atoms with Gasteiger partial charge >= 0.3 is 0 Å². The zero-order valence-corrected chi connectivity index (χ0v) is 16.5. The molecule has 1 N–H and O–H groups in total. The van der Waals surface area contributed by atoms with Crippen molar-refractivity contribution in [3.63, 3.8) is 0 Å². The fourth-order valence-corrected chi connectivity index (χ4v) is 4.18. The molecular formula is C22H19NO7. The maximum absolute atomic E-state index is 13.5. The van der Waals surface area contributed by atoms with Crippen molar-refractivity contribution in [3.8, 4) is 34.3 Å². The molecule has 0 radical (unpaired) electrons. The Kier molecular flexibility index (Phi) is 4.18. The molecule has 0 atom stereocenters. The number of aliphatic hydroxyl groups excluding tert-OH is 1. The number of hydrogen-bond donors (Lipinski definition) is 1. The van der Waals surface area contributed by atoms with E-state index in [0.29, 0.717) is 62.6 Å². The van der Waals surface area contributed by atoms with E-state index < -0.39 is 0 Å². The summed E-state index contributed by atoms with van der Waals surface area (Å²) < 4.78 is 23.2. The number of carbonyl (C=O) groups is 1. The average molecular weight is 409 g/mol. The monoisotopic (exact) mass is 409 g/mol. The van der Waals surface area contributed by atoms with E-state index in [2.05, 4.69) is 0 Å². The van der Waals surface area contributed by atoms with Crippen molar-refractivity contribution in [1.82, 2.24) is 4.57 Å². The molecule has 30 heavy (non-hydrogen) atoms. The molecule has 1 aliphatic carbocycles. The summed E-state index contributed by atoms with van der Waals surface area (Å²) in [6, 6.07) is 6.65. The van der Waals surface area contributed by atoms with E-state index in [9.17, 15) is 14.7 Å². The van der Waals surface area contributed by atoms with Crippen molar-refractivity contribution >= 4 is 16.6 Å². The van der Waals surface area contributed by atoms with Crippen LogP contribution in [0.2, 0.25) is 0 Å². The molecule has 8 heteroatoms. The molecule has 0 fully saturated rings. The fraction of sp³-hybridized carbons (Fsp3) is 0.273. The third-order valence-corrected chi connectivity index (χ3v) is 5.55. The number of ketones is 1. The predicted octanol–water partition coefficient (Wildman–Crippen LogP) is 2.34. The molecule has 0 unspecified atom stereocenters. The highest BCUT2D eigenvalue weighted by molar-refractivity contribution is 6.27. The summed E-state index contributed by atoms with van der Waals surface area (Å²) in [4.78, 5) is 26.9. The minimum absolute atomic E-state index is 0.0763. The molecule has 0 saturated carbocycles. The first kappa shape index (κ1) is 18.5. The SMILES string of the molecule is COc1cc2c3c(n(CCCO)c(=O)c2cc1OC)-c1cc2c(cc1C3=O)OCO2. The lowest BCUT2D eigenvalue weighted by Gasteiger charge is -2.16. The van der Waals surface area contributed by atoms with Gasteiger partial charge in [-0.3, -0.25) is 9.59 Å². The van der Waals surface area contributed by atoms with Crippen molar-refractivity contribution in [1.29, 1.82) is 0 Å². The quantitative estimate of drug-likeness (QED) is 0.540. The van der Waals surface area contributed by atoms with Gasteiger partial charge < -0.3 is 28.6 Å². The van der Waals surface area contributed by atoms with Gasteiger partial charge in [0, 0.05) is 29.7 Å². The predicted molar refractivity (Wildman–Crippen MR) is 108 cm³/mol. The summed E-state index contributed by atoms with van der Waals surface area (Å²) in [6.07, 6.45) is 0.374. The highest BCUT2D eigenvalue weighted by Crippen LogP contribution is 2.46. The molecule has 2 aliphatic rings. The maximum atomic E-state index is 13.5. The topological polar surface area (TPSA) is 96.2 Å². The van der Waals surface area contributed by atoms with Crippen LogP contribution in [0.5, 0.6) is 23.0 Å². The highest BCUT2D eigenvalue weighted by Gasteiger charge is 2.35. The van der Waals surface area contributed by atoms with E-state index in [0.717, 1.165) is 0 Å². The van der Waals surface area contributed by atoms with E-state index in [4.69, 9.17) is 18.9 Å². The van der Waals surface area contributed by atoms with Crippen molar-refractivity contribution in [3.05, 3.63) is 45.7 Å². The third kappa shape index (κ3) is 2.43. The second-order valence-corrected chi connectivity index (χ2v) is 7.09. The molecule has 0 saturated heterocycles. The van der Waals surface area contributed by atoms with Gasteiger partial charge in [0.15, 0.2) is 28.8 Å². The van der Waals surface area contributed by atoms with Crippen LogP contribution in [0, 0.1) is 0 Å². The molecule has 2 heterocycles. The molecule has 0 spiro atoms. The standard InChI is InChI=1S/C22H19NO7/c1-27-15-6-11-14(9-16(15)28-2)22(26)23(4-3-5-24)20-12-7-17-18(30-10-29-17)8-13(12)21(25)19(11)20/h6-9,24H,3-5,10H2,1-2H3. The van der Waals surface area contributed by atoms with Gasteiger partial charge in [-0.25, -0.2) is 0 Å². The van der Waals surface area contributed by atoms with Gasteiger partial charge in [0.2, 0.25) is 6.79 Å². The summed E-state index contributed by atoms with van der Waals surface area (Å²) in [5, 5.41) is 10.2. The van der Waals surface area contributed by atoms with Crippen LogP contribution < -0.4 is 24.5 Å². The van der Waals surface area contributed by atoms with Gasteiger partial charge in [-0.2, -0.15) is 0 Å². The van der Waals surface area contributed by atoms with Crippen LogP contribution in [0.15, 0.2) is 29.1 Å². The molecule has 2 aromatic carbocycles. The Balaban J connectivity index is 1.89. The summed E-state index contributed by atoms with van der Waals surface area (Å²) in [5.41, 5.74) is 1.74. The number of carbonyl (C=O) groups excluding carboxylic acids is 1. The Morgan fingerprint density at radius 2 is 1.60 bits per heavy atom. The average Bonchev–Trinajstić information content (AvgIpc) is 3.33. The van der Waals surface area contributed by atoms with Crippen molar-refractivity contribution in [2.24, 2.45) is 0 Å². The number of aromatic nitrogens is 1. The molecule has 8 nitrogen and oxygen atoms in total. The van der Waals surface area contributed by atoms with Gasteiger partial charge in [0.25, 0.3) is 5.56 Å². The Morgan fingerprint density at radius 3 is 2.23 bits per heavy atom. The zero-order chi connectivity index (χ0) is 21.0. The Morgan fingerprint density at radius 1 is 0.967 bits per heavy atom. The largest absolute Gasteiger partial charge is 0.493 e. The minimum atomic E-state index is -0.267. The lowest BCUT2D eigenvalue weighted by Crippen LogP contribution is -2.24. The van der Waals surface area contributed by atoms with Crippen molar-refractivity contribution < 1.29 is 28.8 Å². The maximum Gasteiger partial charge on any atom is 0.259 e. The fourth-order valence-electron chi connectivity index (χ4n) is 4.18. The normalized spacial score (nSPS) is 13.5. The number of aliphatic hydroxyl groups is 1. The first-order chi connectivity index (χ1) is 14.6. The number of benzene rings is 2. The van der Waals surface area contributed by atoms with Gasteiger partial charge in [-0.05, 0) is 30.7 Å². The van der Waals surface area contributed by atoms with E-state index in [1.54, 1.807) is 28.8 Å². The molecule has 1 aromatic heterocycles. The van der Waals surface area contributed by atoms with E-state index >= 15 is 0 Å². The minimum Gasteiger partial charge on any atom is -0.493 e. The van der Waals surface area contributed by atoms with Crippen LogP contribution >= 0.6 is 0 Å². The van der Waals surface area contributed by atoms with Gasteiger partial charge in [-0.15, -0.1) is 0 Å². The third-order valence-electron chi connectivity index (χ3n) is 5.55. The lowest BCUT2D eigenvalue weighted by atomic mass is 10.0. The van der Waals surface area contributed by atoms with Crippen molar-refractivity contribution in [2.45, 2.75) is 13.0 Å². The van der Waals surface area contributed by atoms with Crippen LogP contribution in [0.3, 0.4) is 0 Å². The van der Waals surface area contributed by atoms with Crippen LogP contribution in [0.1, 0.15) is 22.3 Å². The van der Waals surface area contributed by atoms with E-state index in [1.807, 2.05) is 0 Å². The summed E-state index contributed by atoms with van der Waals surface area (Å²) in [5.74, 6) is 1.66. The van der Waals surface area contributed by atoms with Crippen molar-refractivity contribution in [2.75, 3.05) is 27.6 Å². The zero-order valence-electron chi connectivity index (χ0n) is 16.5. The van der Waals surface area contributed by atoms with Gasteiger partial charge in [0.05, 0.1) is 30.9 Å². The molecule has 0 bridgehead atoms. The molecule has 5 rings (SSSR count). The van der Waals surface area contributed by atoms with Crippen LogP contribution in [-0.4, -0.2) is 43.1 Å². The number of rotatable bonds is 5. The number of pyridine rings is 1. The first-order valence-electron chi connectivity index (χ1n) is 9.51. The van der Waals surface area contributed by atoms with E-state index in [-0.39, 0.29) is 31.3 Å². The summed E-state index contributed by atoms with van der Waals surface area (Å²) in [6.45, 7) is 0.279. The number of ether oxygens (including phenoxy) is 4. The smallest absolute Gasteiger partial charge is 0.259 e. The number of fused-ring (bicyclic) bond motifs is 6. The summed E-state index contributed by atoms with van der Waals surface area (Å²) in [7, 11) is 2.99. The van der Waals surface area contributed by atoms with Gasteiger partial charge in [0.1, 0.15) is 0 Å². The second kappa shape index (κ2) is 6.77. The van der Waals surface area contributed by atoms with Crippen LogP contribution in [0.4, 0.5) is 0 Å². The lowest BCUT2D eigenvalue weighted by molar-refractivity contribution is 0.104. The highest BCUT2D eigenvalue weighted by atomic mass is 16.7. The number of nitrogens with zero attached hydrogens (tertiary/aromatic N) is 1. The molecule has 1 aliphatic heterocycles.